The van der Waals surface area contributed by atoms with Gasteiger partial charge in [0.15, 0.2) is 11.2 Å². The van der Waals surface area contributed by atoms with Crippen LogP contribution in [-0.4, -0.2) is 37.8 Å². The van der Waals surface area contributed by atoms with Crippen LogP contribution in [0.4, 0.5) is 5.95 Å². The van der Waals surface area contributed by atoms with Crippen molar-refractivity contribution in [3.63, 3.8) is 0 Å². The SMILES string of the molecule is CCCn1c(NCCO)nc2nc(C34CCCC5CC(CC5C3)C4)[nH]c2c1=O. The van der Waals surface area contributed by atoms with E-state index in [1.165, 1.54) is 44.9 Å². The summed E-state index contributed by atoms with van der Waals surface area (Å²) in [6.45, 7) is 3.01. The van der Waals surface area contributed by atoms with Crippen molar-refractivity contribution >= 4 is 17.1 Å². The molecular weight excluding hydrogens is 354 g/mol. The molecule has 3 aliphatic carbocycles. The molecule has 0 amide bonds. The Morgan fingerprint density at radius 1 is 1.29 bits per heavy atom. The van der Waals surface area contributed by atoms with Crippen molar-refractivity contribution < 1.29 is 5.11 Å². The van der Waals surface area contributed by atoms with Crippen molar-refractivity contribution in [2.75, 3.05) is 18.5 Å². The van der Waals surface area contributed by atoms with E-state index in [1.807, 2.05) is 6.92 Å². The minimum Gasteiger partial charge on any atom is -0.395 e. The molecule has 3 N–H and O–H groups in total. The Balaban J connectivity index is 1.59. The lowest BCUT2D eigenvalue weighted by Gasteiger charge is -2.38. The average molecular weight is 386 g/mol. The van der Waals surface area contributed by atoms with Crippen LogP contribution >= 0.6 is 0 Å². The van der Waals surface area contributed by atoms with E-state index < -0.39 is 0 Å². The van der Waals surface area contributed by atoms with Crippen molar-refractivity contribution in [2.45, 2.75) is 70.3 Å². The maximum atomic E-state index is 13.2. The van der Waals surface area contributed by atoms with Gasteiger partial charge in [-0.1, -0.05) is 19.8 Å². The lowest BCUT2D eigenvalue weighted by Crippen LogP contribution is -2.34. The number of H-pyrrole nitrogens is 1. The molecule has 3 saturated carbocycles. The highest BCUT2D eigenvalue weighted by Gasteiger charge is 2.51. The Hall–Kier alpha value is -1.89. The highest BCUT2D eigenvalue weighted by atomic mass is 16.3. The summed E-state index contributed by atoms with van der Waals surface area (Å²) in [7, 11) is 0. The third-order valence-corrected chi connectivity index (χ3v) is 7.46. The Morgan fingerprint density at radius 2 is 2.14 bits per heavy atom. The Labute approximate surface area is 165 Å². The van der Waals surface area contributed by atoms with Crippen LogP contribution in [0.3, 0.4) is 0 Å². The highest BCUT2D eigenvalue weighted by Crippen LogP contribution is 2.59. The maximum Gasteiger partial charge on any atom is 0.280 e. The third kappa shape index (κ3) is 2.78. The molecule has 5 rings (SSSR count). The molecule has 3 aliphatic rings. The number of nitrogens with one attached hydrogen (secondary N) is 2. The number of aliphatic hydroxyl groups is 1. The molecule has 2 aromatic rings. The van der Waals surface area contributed by atoms with Gasteiger partial charge in [0.25, 0.3) is 5.56 Å². The van der Waals surface area contributed by atoms with E-state index in [4.69, 9.17) is 10.1 Å². The summed E-state index contributed by atoms with van der Waals surface area (Å²) in [6, 6.07) is 0. The van der Waals surface area contributed by atoms with Crippen molar-refractivity contribution in [3.05, 3.63) is 16.2 Å². The van der Waals surface area contributed by atoms with Crippen molar-refractivity contribution in [1.82, 2.24) is 19.5 Å². The van der Waals surface area contributed by atoms with E-state index in [-0.39, 0.29) is 17.6 Å². The predicted octanol–water partition coefficient (Wildman–Crippen LogP) is 2.79. The number of aromatic amines is 1. The summed E-state index contributed by atoms with van der Waals surface area (Å²) >= 11 is 0. The lowest BCUT2D eigenvalue weighted by atomic mass is 9.67. The largest absolute Gasteiger partial charge is 0.395 e. The summed E-state index contributed by atoms with van der Waals surface area (Å²) in [5.74, 6) is 4.07. The topological polar surface area (TPSA) is 95.8 Å². The minimum absolute atomic E-state index is 0.00109. The molecule has 0 aliphatic heterocycles. The number of aliphatic hydroxyl groups excluding tert-OH is 1. The van der Waals surface area contributed by atoms with E-state index in [0.29, 0.717) is 30.2 Å². The van der Waals surface area contributed by atoms with Crippen LogP contribution in [0.1, 0.15) is 64.1 Å². The summed E-state index contributed by atoms with van der Waals surface area (Å²) in [5.41, 5.74) is 1.08. The average Bonchev–Trinajstić information content (AvgIpc) is 3.20. The van der Waals surface area contributed by atoms with E-state index in [1.54, 1.807) is 4.57 Å². The number of aromatic nitrogens is 4. The molecule has 3 fully saturated rings. The molecule has 0 radical (unpaired) electrons. The van der Waals surface area contributed by atoms with E-state index in [0.717, 1.165) is 30.0 Å². The fourth-order valence-electron chi connectivity index (χ4n) is 6.43. The number of anilines is 1. The zero-order valence-electron chi connectivity index (χ0n) is 16.7. The van der Waals surface area contributed by atoms with Crippen molar-refractivity contribution in [2.24, 2.45) is 17.8 Å². The molecule has 4 unspecified atom stereocenters. The molecule has 28 heavy (non-hydrogen) atoms. The normalized spacial score (nSPS) is 31.4. The van der Waals surface area contributed by atoms with Gasteiger partial charge < -0.3 is 15.4 Å². The Bertz CT molecular complexity index is 935. The maximum absolute atomic E-state index is 13.2. The monoisotopic (exact) mass is 385 g/mol. The van der Waals surface area contributed by atoms with Gasteiger partial charge in [-0.25, -0.2) is 4.98 Å². The molecule has 0 aromatic carbocycles. The van der Waals surface area contributed by atoms with Gasteiger partial charge in [-0.3, -0.25) is 9.36 Å². The van der Waals surface area contributed by atoms with Gasteiger partial charge in [0.05, 0.1) is 6.61 Å². The first-order chi connectivity index (χ1) is 13.6. The first-order valence-corrected chi connectivity index (χ1v) is 11.0. The fraction of sp³-hybridized carbons (Fsp3) is 0.762. The third-order valence-electron chi connectivity index (χ3n) is 7.46. The molecule has 0 saturated heterocycles. The lowest BCUT2D eigenvalue weighted by molar-refractivity contribution is 0.197. The van der Waals surface area contributed by atoms with Gasteiger partial charge in [-0.15, -0.1) is 0 Å². The van der Waals surface area contributed by atoms with Crippen LogP contribution in [-0.2, 0) is 12.0 Å². The highest BCUT2D eigenvalue weighted by molar-refractivity contribution is 5.71. The summed E-state index contributed by atoms with van der Waals surface area (Å²) in [4.78, 5) is 26.2. The van der Waals surface area contributed by atoms with Crippen LogP contribution in [0.15, 0.2) is 4.79 Å². The number of imidazole rings is 1. The molecular formula is C21H31N5O2. The zero-order valence-corrected chi connectivity index (χ0v) is 16.7. The van der Waals surface area contributed by atoms with Crippen molar-refractivity contribution in [1.29, 1.82) is 0 Å². The number of hydrogen-bond acceptors (Lipinski definition) is 5. The van der Waals surface area contributed by atoms with Crippen LogP contribution in [0.5, 0.6) is 0 Å². The van der Waals surface area contributed by atoms with Crippen LogP contribution < -0.4 is 10.9 Å². The van der Waals surface area contributed by atoms with E-state index in [9.17, 15) is 4.79 Å². The van der Waals surface area contributed by atoms with E-state index in [2.05, 4.69) is 15.3 Å². The molecule has 7 nitrogen and oxygen atoms in total. The van der Waals surface area contributed by atoms with Crippen LogP contribution in [0.25, 0.3) is 11.2 Å². The fourth-order valence-corrected chi connectivity index (χ4v) is 6.43. The second-order valence-electron chi connectivity index (χ2n) is 9.26. The Kier molecular flexibility index (Phi) is 4.45. The second-order valence-corrected chi connectivity index (χ2v) is 9.26. The summed E-state index contributed by atoms with van der Waals surface area (Å²) < 4.78 is 1.67. The van der Waals surface area contributed by atoms with Crippen LogP contribution in [0, 0.1) is 17.8 Å². The summed E-state index contributed by atoms with van der Waals surface area (Å²) in [5, 5.41) is 12.2. The molecule has 2 heterocycles. The molecule has 7 heteroatoms. The smallest absolute Gasteiger partial charge is 0.280 e. The number of nitrogens with zero attached hydrogens (tertiary/aromatic N) is 3. The molecule has 0 spiro atoms. The molecule has 2 aromatic heterocycles. The quantitative estimate of drug-likeness (QED) is 0.711. The molecule has 152 valence electrons. The van der Waals surface area contributed by atoms with Gasteiger partial charge >= 0.3 is 0 Å². The number of rotatable bonds is 6. The van der Waals surface area contributed by atoms with Gasteiger partial charge in [-0.05, 0) is 56.3 Å². The standard InChI is InChI=1S/C21H31N5O2/c1-2-7-26-18(28)16-17(25-20(26)22-6-8-27)24-19(23-16)21-5-3-4-14-9-13(11-21)10-15(14)12-21/h13-15,27H,2-12H2,1H3,(H,22,25)(H,23,24). The summed E-state index contributed by atoms with van der Waals surface area (Å²) in [6.07, 6.45) is 9.85. The van der Waals surface area contributed by atoms with Gasteiger partial charge in [-0.2, -0.15) is 4.98 Å². The predicted molar refractivity (Wildman–Crippen MR) is 108 cm³/mol. The van der Waals surface area contributed by atoms with E-state index >= 15 is 0 Å². The van der Waals surface area contributed by atoms with Crippen molar-refractivity contribution in [3.8, 4) is 0 Å². The first kappa shape index (κ1) is 18.2. The van der Waals surface area contributed by atoms with Gasteiger partial charge in [0.2, 0.25) is 5.95 Å². The molecule has 3 bridgehead atoms. The zero-order chi connectivity index (χ0) is 19.3. The minimum atomic E-state index is -0.0623. The molecule has 4 atom stereocenters. The van der Waals surface area contributed by atoms with Gasteiger partial charge in [0.1, 0.15) is 5.82 Å². The van der Waals surface area contributed by atoms with Gasteiger partial charge in [0, 0.05) is 18.5 Å². The Morgan fingerprint density at radius 3 is 2.96 bits per heavy atom. The first-order valence-electron chi connectivity index (χ1n) is 11.0. The second kappa shape index (κ2) is 6.87. The van der Waals surface area contributed by atoms with Crippen LogP contribution in [0.2, 0.25) is 0 Å². The number of fused-ring (bicyclic) bond motifs is 3. The number of hydrogen-bond donors (Lipinski definition) is 3.